The van der Waals surface area contributed by atoms with E-state index < -0.39 is 0 Å². The highest BCUT2D eigenvalue weighted by molar-refractivity contribution is 6.29. The zero-order valence-electron chi connectivity index (χ0n) is 12.4. The molecule has 1 amide bonds. The van der Waals surface area contributed by atoms with Crippen LogP contribution >= 0.6 is 11.6 Å². The molecule has 0 aromatic carbocycles. The van der Waals surface area contributed by atoms with Crippen molar-refractivity contribution in [3.05, 3.63) is 28.5 Å². The van der Waals surface area contributed by atoms with E-state index in [0.29, 0.717) is 10.7 Å². The molecule has 0 bridgehead atoms. The zero-order valence-corrected chi connectivity index (χ0v) is 13.2. The van der Waals surface area contributed by atoms with Crippen molar-refractivity contribution in [2.45, 2.75) is 51.1 Å². The number of pyridine rings is 1. The predicted molar refractivity (Wildman–Crippen MR) is 83.7 cm³/mol. The van der Waals surface area contributed by atoms with Crippen molar-refractivity contribution < 1.29 is 4.79 Å². The maximum atomic E-state index is 12.3. The smallest absolute Gasteiger partial charge is 0.251 e. The van der Waals surface area contributed by atoms with Gasteiger partial charge in [-0.1, -0.05) is 18.5 Å². The van der Waals surface area contributed by atoms with Gasteiger partial charge in [-0.15, -0.1) is 0 Å². The van der Waals surface area contributed by atoms with E-state index in [2.05, 4.69) is 15.2 Å². The highest BCUT2D eigenvalue weighted by Gasteiger charge is 2.32. The van der Waals surface area contributed by atoms with Crippen LogP contribution in [-0.4, -0.2) is 41.0 Å². The molecule has 1 aromatic rings. The van der Waals surface area contributed by atoms with Crippen LogP contribution in [0.1, 0.15) is 48.7 Å². The van der Waals surface area contributed by atoms with Gasteiger partial charge in [0.15, 0.2) is 0 Å². The summed E-state index contributed by atoms with van der Waals surface area (Å²) >= 11 is 5.98. The molecule has 2 heterocycles. The summed E-state index contributed by atoms with van der Waals surface area (Å²) in [4.78, 5) is 19.1. The van der Waals surface area contributed by atoms with Gasteiger partial charge in [-0.2, -0.15) is 0 Å². The van der Waals surface area contributed by atoms with Crippen molar-refractivity contribution in [1.29, 1.82) is 0 Å². The van der Waals surface area contributed by atoms with Crippen LogP contribution in [0.2, 0.25) is 5.15 Å². The minimum absolute atomic E-state index is 0.0288. The molecule has 3 rings (SSSR count). The van der Waals surface area contributed by atoms with E-state index in [1.807, 2.05) is 13.0 Å². The molecule has 114 valence electrons. The maximum Gasteiger partial charge on any atom is 0.251 e. The molecule has 4 nitrogen and oxygen atoms in total. The highest BCUT2D eigenvalue weighted by Crippen LogP contribution is 2.29. The Hall–Kier alpha value is -1.13. The maximum absolute atomic E-state index is 12.3. The molecule has 1 aromatic heterocycles. The second-order valence-electron chi connectivity index (χ2n) is 6.04. The van der Waals surface area contributed by atoms with Crippen LogP contribution in [0.5, 0.6) is 0 Å². The van der Waals surface area contributed by atoms with Crippen LogP contribution < -0.4 is 5.32 Å². The standard InChI is InChI=1S/C16H22ClN3O/c1-2-12-9-11(10-15(17)18-12)16(21)19-13-5-7-20(8-6-13)14-3-4-14/h9-10,13-14H,2-8H2,1H3,(H,19,21). The van der Waals surface area contributed by atoms with Crippen LogP contribution in [0.15, 0.2) is 12.1 Å². The van der Waals surface area contributed by atoms with Gasteiger partial charge in [-0.3, -0.25) is 4.79 Å². The molecule has 2 fully saturated rings. The largest absolute Gasteiger partial charge is 0.349 e. The molecule has 21 heavy (non-hydrogen) atoms. The Balaban J connectivity index is 1.57. The molecule has 5 heteroatoms. The third-order valence-electron chi connectivity index (χ3n) is 4.40. The van der Waals surface area contributed by atoms with Gasteiger partial charge in [0.2, 0.25) is 0 Å². The van der Waals surface area contributed by atoms with E-state index in [-0.39, 0.29) is 11.9 Å². The average molecular weight is 308 g/mol. The molecule has 1 aliphatic carbocycles. The van der Waals surface area contributed by atoms with Gasteiger partial charge in [0.25, 0.3) is 5.91 Å². The number of hydrogen-bond acceptors (Lipinski definition) is 3. The quantitative estimate of drug-likeness (QED) is 0.870. The number of carbonyl (C=O) groups is 1. The topological polar surface area (TPSA) is 45.2 Å². The zero-order chi connectivity index (χ0) is 14.8. The molecular weight excluding hydrogens is 286 g/mol. The Bertz CT molecular complexity index is 522. The lowest BCUT2D eigenvalue weighted by Crippen LogP contribution is -2.45. The number of piperidine rings is 1. The van der Waals surface area contributed by atoms with Gasteiger partial charge >= 0.3 is 0 Å². The SMILES string of the molecule is CCc1cc(C(=O)NC2CCN(C3CC3)CC2)cc(Cl)n1. The fraction of sp³-hybridized carbons (Fsp3) is 0.625. The van der Waals surface area contributed by atoms with Crippen LogP contribution in [0.25, 0.3) is 0 Å². The van der Waals surface area contributed by atoms with Crippen molar-refractivity contribution in [2.75, 3.05) is 13.1 Å². The molecular formula is C16H22ClN3O. The Kier molecular flexibility index (Phi) is 4.45. The summed E-state index contributed by atoms with van der Waals surface area (Å²) in [6, 6.07) is 4.59. The summed E-state index contributed by atoms with van der Waals surface area (Å²) in [5.41, 5.74) is 1.48. The summed E-state index contributed by atoms with van der Waals surface area (Å²) in [5.74, 6) is -0.0288. The van der Waals surface area contributed by atoms with Gasteiger partial charge in [0.1, 0.15) is 5.15 Å². The molecule has 1 N–H and O–H groups in total. The summed E-state index contributed by atoms with van der Waals surface area (Å²) < 4.78 is 0. The number of nitrogens with one attached hydrogen (secondary N) is 1. The minimum Gasteiger partial charge on any atom is -0.349 e. The van der Waals surface area contributed by atoms with Gasteiger partial charge < -0.3 is 10.2 Å². The van der Waals surface area contributed by atoms with Crippen LogP contribution in [0.4, 0.5) is 0 Å². The summed E-state index contributed by atoms with van der Waals surface area (Å²) in [6.07, 6.45) is 5.57. The molecule has 0 spiro atoms. The van der Waals surface area contributed by atoms with E-state index in [9.17, 15) is 4.79 Å². The van der Waals surface area contributed by atoms with Gasteiger partial charge in [-0.05, 0) is 44.2 Å². The molecule has 0 radical (unpaired) electrons. The Morgan fingerprint density at radius 1 is 1.33 bits per heavy atom. The van der Waals surface area contributed by atoms with Gasteiger partial charge in [0, 0.05) is 36.4 Å². The molecule has 1 saturated heterocycles. The third-order valence-corrected chi connectivity index (χ3v) is 4.59. The van der Waals surface area contributed by atoms with Crippen LogP contribution in [-0.2, 0) is 6.42 Å². The van der Waals surface area contributed by atoms with Crippen molar-refractivity contribution >= 4 is 17.5 Å². The first kappa shape index (κ1) is 14.8. The number of rotatable bonds is 4. The lowest BCUT2D eigenvalue weighted by Gasteiger charge is -2.32. The second kappa shape index (κ2) is 6.32. The molecule has 1 saturated carbocycles. The van der Waals surface area contributed by atoms with Gasteiger partial charge in [0.05, 0.1) is 0 Å². The lowest BCUT2D eigenvalue weighted by molar-refractivity contribution is 0.0909. The molecule has 0 atom stereocenters. The number of aryl methyl sites for hydroxylation is 1. The van der Waals surface area contributed by atoms with Crippen LogP contribution in [0.3, 0.4) is 0 Å². The van der Waals surface area contributed by atoms with E-state index in [0.717, 1.165) is 44.1 Å². The third kappa shape index (κ3) is 3.74. The minimum atomic E-state index is -0.0288. The van der Waals surface area contributed by atoms with Crippen LogP contribution in [0, 0.1) is 0 Å². The number of hydrogen-bond donors (Lipinski definition) is 1. The van der Waals surface area contributed by atoms with Crippen molar-refractivity contribution in [3.63, 3.8) is 0 Å². The Labute approximate surface area is 130 Å². The highest BCUT2D eigenvalue weighted by atomic mass is 35.5. The number of amides is 1. The number of carbonyl (C=O) groups excluding carboxylic acids is 1. The van der Waals surface area contributed by atoms with E-state index in [1.165, 1.54) is 12.8 Å². The predicted octanol–water partition coefficient (Wildman–Crippen LogP) is 2.65. The molecule has 0 unspecified atom stereocenters. The first-order valence-electron chi connectivity index (χ1n) is 7.87. The number of aromatic nitrogens is 1. The van der Waals surface area contributed by atoms with E-state index >= 15 is 0 Å². The van der Waals surface area contributed by atoms with E-state index in [1.54, 1.807) is 6.07 Å². The summed E-state index contributed by atoms with van der Waals surface area (Å²) in [5, 5.41) is 3.53. The first-order valence-corrected chi connectivity index (χ1v) is 8.25. The van der Waals surface area contributed by atoms with Crippen molar-refractivity contribution in [1.82, 2.24) is 15.2 Å². The first-order chi connectivity index (χ1) is 10.2. The van der Waals surface area contributed by atoms with E-state index in [4.69, 9.17) is 11.6 Å². The lowest BCUT2D eigenvalue weighted by atomic mass is 10.0. The van der Waals surface area contributed by atoms with Crippen molar-refractivity contribution in [2.24, 2.45) is 0 Å². The Morgan fingerprint density at radius 2 is 2.05 bits per heavy atom. The van der Waals surface area contributed by atoms with Gasteiger partial charge in [-0.25, -0.2) is 4.98 Å². The summed E-state index contributed by atoms with van der Waals surface area (Å²) in [6.45, 7) is 4.22. The second-order valence-corrected chi connectivity index (χ2v) is 6.43. The molecule has 2 aliphatic rings. The normalized spacial score (nSPS) is 20.5. The number of likely N-dealkylation sites (tertiary alicyclic amines) is 1. The van der Waals surface area contributed by atoms with Crippen molar-refractivity contribution in [3.8, 4) is 0 Å². The number of nitrogens with zero attached hydrogens (tertiary/aromatic N) is 2. The fourth-order valence-electron chi connectivity index (χ4n) is 2.98. The Morgan fingerprint density at radius 3 is 2.67 bits per heavy atom. The average Bonchev–Trinajstić information content (AvgIpc) is 3.32. The summed E-state index contributed by atoms with van der Waals surface area (Å²) in [7, 11) is 0. The molecule has 1 aliphatic heterocycles. The number of halogens is 1. The fourth-order valence-corrected chi connectivity index (χ4v) is 3.21. The monoisotopic (exact) mass is 307 g/mol.